The van der Waals surface area contributed by atoms with E-state index in [1.807, 2.05) is 18.2 Å². The van der Waals surface area contributed by atoms with Gasteiger partial charge in [0, 0.05) is 19.3 Å². The van der Waals surface area contributed by atoms with E-state index in [0.29, 0.717) is 26.0 Å². The Morgan fingerprint density at radius 3 is 1.92 bits per heavy atom. The van der Waals surface area contributed by atoms with Gasteiger partial charge in [-0.05, 0) is 52.0 Å². The maximum Gasteiger partial charge on any atom is 0.0267 e. The van der Waals surface area contributed by atoms with Crippen molar-refractivity contribution in [3.63, 3.8) is 0 Å². The number of nitrogens with zero attached hydrogens (tertiary/aromatic N) is 3. The van der Waals surface area contributed by atoms with Crippen LogP contribution in [-0.2, 0) is 13.9 Å². The van der Waals surface area contributed by atoms with Gasteiger partial charge in [0.15, 0.2) is 11.0 Å². The average Bonchev–Trinajstić information content (AvgIpc) is 2.89. The van der Waals surface area contributed by atoms with Gasteiger partial charge in [0.05, 0.1) is 12.1 Å². The van der Waals surface area contributed by atoms with Crippen LogP contribution in [0.5, 0.6) is 0 Å². The minimum atomic E-state index is 0.505. The van der Waals surface area contributed by atoms with E-state index >= 15 is 0 Å². The number of para-hydroxylation sites is 2. The number of benzene rings is 1. The number of hydrogen-bond acceptors (Lipinski definition) is 1. The van der Waals surface area contributed by atoms with Crippen LogP contribution in [-0.4, -0.2) is 9.55 Å². The van der Waals surface area contributed by atoms with Crippen LogP contribution in [0.15, 0.2) is 54.9 Å². The standard InChI is InChI=1S/C14H21N2.C5H5N.2BrH.Pd/c1-10(2)15-12(5)16(11(3)4)14-9-7-6-8-13(14)15;1-2-4-6-5-3-1;;;/h6-11H,1-5H3;1-5H;2*1H;/q+1;;;;+2/p-2. The molecule has 0 N–H and O–H groups in total. The molecule has 0 saturated carbocycles. The van der Waals surface area contributed by atoms with Gasteiger partial charge in [-0.15, -0.1) is 0 Å². The van der Waals surface area contributed by atoms with E-state index in [1.165, 1.54) is 16.9 Å². The molecule has 2 heterocycles. The first-order valence-corrected chi connectivity index (χ1v) is 15.2. The number of pyridine rings is 1. The zero-order chi connectivity index (χ0) is 18.8. The second-order valence-corrected chi connectivity index (χ2v) is 13.2. The molecular weight excluding hydrogens is 536 g/mol. The molecule has 0 fully saturated rings. The summed E-state index contributed by atoms with van der Waals surface area (Å²) in [5.74, 6) is 1.34. The average molecular weight is 563 g/mol. The molecule has 6 heteroatoms. The minimum Gasteiger partial charge on any atom is -0.265 e. The Morgan fingerprint density at radius 1 is 0.960 bits per heavy atom. The van der Waals surface area contributed by atoms with Crippen molar-refractivity contribution in [2.45, 2.75) is 46.7 Å². The number of rotatable bonds is 2. The molecule has 0 unspecified atom stereocenters. The van der Waals surface area contributed by atoms with Crippen molar-refractivity contribution < 1.29 is 18.5 Å². The zero-order valence-corrected chi connectivity index (χ0v) is 20.0. The third-order valence-corrected chi connectivity index (χ3v) is 3.70. The third kappa shape index (κ3) is 6.60. The Kier molecular flexibility index (Phi) is 10.8. The zero-order valence-electron chi connectivity index (χ0n) is 15.3. The normalized spacial score (nSPS) is 10.4. The Bertz CT molecular complexity index is 671. The SMILES string of the molecule is Cc1n(C(C)C)c2ccccc2[n+]1C(C)C.[Br][Pd][Br].c1ccncc1. The molecule has 0 bridgehead atoms. The van der Waals surface area contributed by atoms with Crippen molar-refractivity contribution in [2.24, 2.45) is 0 Å². The smallest absolute Gasteiger partial charge is 0.0267 e. The molecule has 3 aromatic rings. The Hall–Kier alpha value is -0.538. The molecular formula is C19H26Br2N3Pd+. The second kappa shape index (κ2) is 12.0. The van der Waals surface area contributed by atoms with Crippen LogP contribution in [0.25, 0.3) is 11.0 Å². The molecule has 0 aliphatic heterocycles. The summed E-state index contributed by atoms with van der Waals surface area (Å²) >= 11 is 6.80. The molecule has 3 nitrogen and oxygen atoms in total. The number of halogens is 2. The Morgan fingerprint density at radius 2 is 1.52 bits per heavy atom. The van der Waals surface area contributed by atoms with Gasteiger partial charge < -0.3 is 0 Å². The van der Waals surface area contributed by atoms with Crippen molar-refractivity contribution in [3.8, 4) is 0 Å². The predicted octanol–water partition coefficient (Wildman–Crippen LogP) is 6.17. The molecule has 0 saturated heterocycles. The summed E-state index contributed by atoms with van der Waals surface area (Å²) in [4.78, 5) is 3.78. The third-order valence-electron chi connectivity index (χ3n) is 3.70. The van der Waals surface area contributed by atoms with Gasteiger partial charge in [-0.1, -0.05) is 18.2 Å². The largest absolute Gasteiger partial charge is 0.265 e. The van der Waals surface area contributed by atoms with Gasteiger partial charge in [-0.25, -0.2) is 9.13 Å². The topological polar surface area (TPSA) is 21.7 Å². The fraction of sp³-hybridized carbons (Fsp3) is 0.368. The van der Waals surface area contributed by atoms with Crippen LogP contribution in [0.3, 0.4) is 0 Å². The number of imidazole rings is 1. The summed E-state index contributed by atoms with van der Waals surface area (Å²) in [6.07, 6.45) is 3.50. The van der Waals surface area contributed by atoms with Crippen LogP contribution >= 0.6 is 26.9 Å². The minimum absolute atomic E-state index is 0.505. The second-order valence-electron chi connectivity index (χ2n) is 6.03. The molecule has 25 heavy (non-hydrogen) atoms. The first-order chi connectivity index (χ1) is 12.0. The molecule has 3 rings (SSSR count). The van der Waals surface area contributed by atoms with Crippen molar-refractivity contribution >= 4 is 37.9 Å². The molecule has 0 radical (unpaired) electrons. The van der Waals surface area contributed by atoms with Crippen LogP contribution < -0.4 is 4.57 Å². The van der Waals surface area contributed by atoms with E-state index in [4.69, 9.17) is 0 Å². The first kappa shape index (κ1) is 22.5. The summed E-state index contributed by atoms with van der Waals surface area (Å²) in [5, 5.41) is 0. The first-order valence-electron chi connectivity index (χ1n) is 8.14. The van der Waals surface area contributed by atoms with Gasteiger partial charge in [0.1, 0.15) is 0 Å². The quantitative estimate of drug-likeness (QED) is 0.271. The molecule has 1 aromatic carbocycles. The molecule has 2 aromatic heterocycles. The van der Waals surface area contributed by atoms with E-state index in [-0.39, 0.29) is 0 Å². The van der Waals surface area contributed by atoms with Crippen LogP contribution in [0.1, 0.15) is 45.6 Å². The Labute approximate surface area is 172 Å². The summed E-state index contributed by atoms with van der Waals surface area (Å²) in [6.45, 7) is 11.2. The van der Waals surface area contributed by atoms with Crippen molar-refractivity contribution in [1.29, 1.82) is 0 Å². The molecule has 0 aliphatic rings. The molecule has 0 atom stereocenters. The van der Waals surface area contributed by atoms with Gasteiger partial charge in [-0.2, -0.15) is 0 Å². The monoisotopic (exact) mass is 560 g/mol. The molecule has 0 spiro atoms. The number of hydrogen-bond donors (Lipinski definition) is 0. The van der Waals surface area contributed by atoms with E-state index in [9.17, 15) is 0 Å². The van der Waals surface area contributed by atoms with Crippen LogP contribution in [0.4, 0.5) is 0 Å². The summed E-state index contributed by atoms with van der Waals surface area (Å²) < 4.78 is 4.82. The maximum atomic E-state index is 3.78. The van der Waals surface area contributed by atoms with Crippen LogP contribution in [0.2, 0.25) is 0 Å². The van der Waals surface area contributed by atoms with Crippen molar-refractivity contribution in [2.75, 3.05) is 0 Å². The van der Waals surface area contributed by atoms with Gasteiger partial charge in [0.2, 0.25) is 0 Å². The molecule has 0 amide bonds. The number of aromatic nitrogens is 3. The van der Waals surface area contributed by atoms with Gasteiger partial charge in [0.25, 0.3) is 5.82 Å². The molecule has 0 aliphatic carbocycles. The van der Waals surface area contributed by atoms with Crippen molar-refractivity contribution in [1.82, 2.24) is 9.55 Å². The fourth-order valence-corrected chi connectivity index (χ4v) is 2.95. The summed E-state index contributed by atoms with van der Waals surface area (Å²) in [5.41, 5.74) is 2.67. The van der Waals surface area contributed by atoms with Gasteiger partial charge >= 0.3 is 40.8 Å². The number of fused-ring (bicyclic) bond motifs is 1. The Balaban J connectivity index is 0.000000287. The van der Waals surface area contributed by atoms with E-state index < -0.39 is 0 Å². The van der Waals surface area contributed by atoms with Crippen LogP contribution in [0, 0.1) is 6.92 Å². The van der Waals surface area contributed by atoms with E-state index in [0.717, 1.165) is 0 Å². The summed E-state index contributed by atoms with van der Waals surface area (Å²) in [7, 11) is 0. The maximum absolute atomic E-state index is 3.78. The van der Waals surface area contributed by atoms with E-state index in [2.05, 4.69) is 99.9 Å². The summed E-state index contributed by atoms with van der Waals surface area (Å²) in [6, 6.07) is 15.4. The molecule has 140 valence electrons. The van der Waals surface area contributed by atoms with E-state index in [1.54, 1.807) is 12.4 Å². The fourth-order valence-electron chi connectivity index (χ4n) is 2.95. The van der Waals surface area contributed by atoms with Crippen molar-refractivity contribution in [3.05, 3.63) is 60.7 Å². The predicted molar refractivity (Wildman–Crippen MR) is 110 cm³/mol. The van der Waals surface area contributed by atoms with Gasteiger partial charge in [-0.3, -0.25) is 4.98 Å².